The topological polar surface area (TPSA) is 31.2 Å². The van der Waals surface area contributed by atoms with Crippen molar-refractivity contribution in [2.45, 2.75) is 54.5 Å². The molecule has 1 aliphatic heterocycles. The summed E-state index contributed by atoms with van der Waals surface area (Å²) < 4.78 is 7.21. The summed E-state index contributed by atoms with van der Waals surface area (Å²) in [6.07, 6.45) is 3.18. The fourth-order valence-electron chi connectivity index (χ4n) is 1.91. The van der Waals surface area contributed by atoms with Crippen molar-refractivity contribution in [2.75, 3.05) is 0 Å². The molecule has 0 N–H and O–H groups in total. The largest absolute Gasteiger partial charge is 0.501 e. The number of rotatable bonds is 1. The minimum Gasteiger partial charge on any atom is -0.501 e. The Morgan fingerprint density at radius 2 is 1.83 bits per heavy atom. The van der Waals surface area contributed by atoms with Crippen molar-refractivity contribution in [2.24, 2.45) is 0 Å². The number of aryl methyl sites for hydroxylation is 2. The maximum absolute atomic E-state index is 11.6. The zero-order valence-electron chi connectivity index (χ0n) is 10.5. The Morgan fingerprint density at radius 1 is 1.33 bits per heavy atom. The normalized spacial score (nSPS) is 14.1. The van der Waals surface area contributed by atoms with Gasteiger partial charge in [0, 0.05) is 38.1 Å². The van der Waals surface area contributed by atoms with Crippen LogP contribution in [0.2, 0.25) is 0 Å². The van der Waals surface area contributed by atoms with Gasteiger partial charge in [-0.05, 0) is 19.2 Å². The molecule has 0 spiro atoms. The van der Waals surface area contributed by atoms with Gasteiger partial charge in [0.15, 0.2) is 0 Å². The molecule has 3 nitrogen and oxygen atoms in total. The van der Waals surface area contributed by atoms with Crippen LogP contribution in [0.1, 0.15) is 46.9 Å². The summed E-state index contributed by atoms with van der Waals surface area (Å²) in [7, 11) is 0. The quantitative estimate of drug-likeness (QED) is 0.583. The van der Waals surface area contributed by atoms with Gasteiger partial charge >= 0.3 is 0 Å². The van der Waals surface area contributed by atoms with E-state index in [0.29, 0.717) is 5.75 Å². The van der Waals surface area contributed by atoms with Crippen LogP contribution in [0.5, 0.6) is 5.75 Å². The number of hydrogen-bond donors (Lipinski definition) is 0. The summed E-state index contributed by atoms with van der Waals surface area (Å²) in [5, 5.41) is 0. The second kappa shape index (κ2) is 7.44. The molecule has 1 aliphatic rings. The summed E-state index contributed by atoms with van der Waals surface area (Å²) in [4.78, 5) is 11.6. The molecule has 18 heavy (non-hydrogen) atoms. The van der Waals surface area contributed by atoms with Crippen molar-refractivity contribution in [3.63, 3.8) is 0 Å². The third-order valence-corrected chi connectivity index (χ3v) is 2.74. The average molecular weight is 328 g/mol. The van der Waals surface area contributed by atoms with Gasteiger partial charge in [-0.1, -0.05) is 47.5 Å². The molecule has 0 aliphatic carbocycles. The van der Waals surface area contributed by atoms with Crippen LogP contribution in [0.25, 0.3) is 0 Å². The van der Waals surface area contributed by atoms with Crippen molar-refractivity contribution in [1.29, 1.82) is 0 Å². The smallest absolute Gasteiger partial charge is 0.297 e. The zero-order valence-corrected chi connectivity index (χ0v) is 13.4. The molecule has 103 valence electrons. The van der Waals surface area contributed by atoms with Gasteiger partial charge in [-0.25, -0.2) is 0 Å². The minimum atomic E-state index is -0.532. The number of nitrogens with zero attached hydrogens (tertiary/aromatic N) is 1. The molecule has 1 aromatic heterocycles. The van der Waals surface area contributed by atoms with Crippen molar-refractivity contribution >= 4 is 5.97 Å². The second-order valence-electron chi connectivity index (χ2n) is 4.17. The molecule has 0 aromatic carbocycles. The van der Waals surface area contributed by atoms with E-state index in [2.05, 4.69) is 6.20 Å². The Kier molecular flexibility index (Phi) is 9.51. The molecule has 0 bridgehead atoms. The third-order valence-electron chi connectivity index (χ3n) is 2.74. The summed E-state index contributed by atoms with van der Waals surface area (Å²) in [6.45, 7) is 8.55. The fraction of sp³-hybridized carbons (Fsp3) is 0.571. The van der Waals surface area contributed by atoms with E-state index < -0.39 is 5.41 Å². The fourth-order valence-corrected chi connectivity index (χ4v) is 1.91. The Morgan fingerprint density at radius 3 is 2.28 bits per heavy atom. The van der Waals surface area contributed by atoms with Crippen molar-refractivity contribution < 1.29 is 42.2 Å². The molecule has 0 unspecified atom stereocenters. The van der Waals surface area contributed by atoms with Crippen molar-refractivity contribution in [1.82, 2.24) is 4.57 Å². The van der Waals surface area contributed by atoms with E-state index >= 15 is 0 Å². The monoisotopic (exact) mass is 328 g/mol. The van der Waals surface area contributed by atoms with Crippen LogP contribution in [-0.4, -0.2) is 10.5 Å². The summed E-state index contributed by atoms with van der Waals surface area (Å²) >= 11 is 0. The molecule has 0 atom stereocenters. The third kappa shape index (κ3) is 3.05. The maximum atomic E-state index is 11.6. The molecule has 0 amide bonds. The number of carbonyl (C=O) groups is 1. The van der Waals surface area contributed by atoms with Crippen LogP contribution >= 0.6 is 0 Å². The molecule has 1 aromatic rings. The van der Waals surface area contributed by atoms with E-state index in [-0.39, 0.29) is 61.0 Å². The minimum absolute atomic E-state index is 0. The van der Waals surface area contributed by atoms with Crippen LogP contribution in [-0.2, 0) is 49.5 Å². The van der Waals surface area contributed by atoms with Crippen LogP contribution in [0.15, 0.2) is 0 Å². The second-order valence-corrected chi connectivity index (χ2v) is 4.17. The van der Waals surface area contributed by atoms with Crippen LogP contribution in [0.3, 0.4) is 0 Å². The Labute approximate surface area is 137 Å². The summed E-state index contributed by atoms with van der Waals surface area (Å²) in [5.74, 6) is 0.545. The predicted molar refractivity (Wildman–Crippen MR) is 72.2 cm³/mol. The van der Waals surface area contributed by atoms with Crippen molar-refractivity contribution in [3.8, 4) is 5.75 Å². The molecule has 2 heterocycles. The molecule has 2 rings (SSSR count). The van der Waals surface area contributed by atoms with Gasteiger partial charge in [0.05, 0.1) is 0 Å². The first-order valence-corrected chi connectivity index (χ1v) is 4.83. The van der Waals surface area contributed by atoms with Gasteiger partial charge in [0.2, 0.25) is 0 Å². The number of aromatic nitrogens is 1. The Bertz CT molecular complexity index is 408. The standard InChI is InChI=1S/C11H14NO2.2CH4.CH3.Y/c1-5-12-6-7(2)8-9(12)11(3,4)10(13)14-8;;;;/h5H2,1-4H3;2*1H4;1H3;/q-1;;;-1;. The average Bonchev–Trinajstić information content (AvgIpc) is 2.53. The molecule has 1 radical (unpaired) electrons. The molecule has 0 saturated carbocycles. The first kappa shape index (κ1) is 23.0. The van der Waals surface area contributed by atoms with Crippen LogP contribution in [0, 0.1) is 20.5 Å². The van der Waals surface area contributed by atoms with Crippen LogP contribution in [0.4, 0.5) is 0 Å². The summed E-state index contributed by atoms with van der Waals surface area (Å²) in [6, 6.07) is 0. The van der Waals surface area contributed by atoms with Gasteiger partial charge in [-0.2, -0.15) is 0 Å². The van der Waals surface area contributed by atoms with Gasteiger partial charge in [0.25, 0.3) is 5.97 Å². The molecule has 0 fully saturated rings. The van der Waals surface area contributed by atoms with E-state index in [9.17, 15) is 4.79 Å². The van der Waals surface area contributed by atoms with Gasteiger partial charge in [-0.3, -0.25) is 4.79 Å². The van der Waals surface area contributed by atoms with Gasteiger partial charge < -0.3 is 16.7 Å². The number of hydrogen-bond acceptors (Lipinski definition) is 2. The number of carbonyl (C=O) groups excluding carboxylic acids is 1. The molecule has 0 saturated heterocycles. The number of esters is 1. The van der Waals surface area contributed by atoms with E-state index in [1.165, 1.54) is 0 Å². The molecular formula is C14H25NO2Y-2. The first-order valence-electron chi connectivity index (χ1n) is 4.83. The zero-order chi connectivity index (χ0) is 10.5. The maximum Gasteiger partial charge on any atom is 0.297 e. The number of ether oxygens (including phenoxy) is 1. The Hall–Kier alpha value is -0.146. The van der Waals surface area contributed by atoms with E-state index in [4.69, 9.17) is 4.74 Å². The van der Waals surface area contributed by atoms with Crippen molar-refractivity contribution in [3.05, 3.63) is 24.9 Å². The van der Waals surface area contributed by atoms with E-state index in [0.717, 1.165) is 17.8 Å². The SMILES string of the molecule is C.C.CCn1[c-]c(C)c2c1C(C)(C)C(=O)O2.[CH3-].[Y]. The Balaban J connectivity index is -0.000000562. The van der Waals surface area contributed by atoms with Crippen LogP contribution < -0.4 is 4.74 Å². The first-order chi connectivity index (χ1) is 6.48. The van der Waals surface area contributed by atoms with E-state index in [1.807, 2.05) is 32.3 Å². The van der Waals surface area contributed by atoms with Gasteiger partial charge in [0.1, 0.15) is 0 Å². The van der Waals surface area contributed by atoms with Gasteiger partial charge in [-0.15, -0.1) is 5.56 Å². The molecule has 4 heteroatoms. The summed E-state index contributed by atoms with van der Waals surface area (Å²) in [5.41, 5.74) is 1.35. The molecular weight excluding hydrogens is 303 g/mol. The van der Waals surface area contributed by atoms with E-state index in [1.54, 1.807) is 0 Å². The predicted octanol–water partition coefficient (Wildman–Crippen LogP) is 3.53. The number of fused-ring (bicyclic) bond motifs is 1.